The van der Waals surface area contributed by atoms with Crippen LogP contribution in [0.15, 0.2) is 30.3 Å². The zero-order chi connectivity index (χ0) is 14.0. The molecule has 1 aromatic rings. The summed E-state index contributed by atoms with van der Waals surface area (Å²) >= 11 is 0. The van der Waals surface area contributed by atoms with Crippen molar-refractivity contribution in [2.24, 2.45) is 5.92 Å². The average Bonchev–Trinajstić information content (AvgIpc) is 2.69. The Balaban J connectivity index is 2.28. The van der Waals surface area contributed by atoms with Gasteiger partial charge in [0.2, 0.25) is 5.91 Å². The van der Waals surface area contributed by atoms with E-state index in [1.165, 1.54) is 0 Å². The second-order valence-corrected chi connectivity index (χ2v) is 4.55. The number of alkyl halides is 3. The topological polar surface area (TPSA) is 32.3 Å². The Morgan fingerprint density at radius 2 is 1.89 bits per heavy atom. The smallest absolute Gasteiger partial charge is 0.273 e. The SMILES string of the molecule is CCC[C@@H]1C(=O)N(c2ccccc2)N[C@H]1C(F)(F)F. The molecule has 1 heterocycles. The molecular formula is C13H15F3N2O. The van der Waals surface area contributed by atoms with Crippen LogP contribution in [0.2, 0.25) is 0 Å². The predicted octanol–water partition coefficient (Wildman–Crippen LogP) is 2.89. The highest BCUT2D eigenvalue weighted by atomic mass is 19.4. The maximum Gasteiger partial charge on any atom is 0.406 e. The minimum Gasteiger partial charge on any atom is -0.273 e. The molecule has 1 saturated heterocycles. The number of rotatable bonds is 3. The van der Waals surface area contributed by atoms with Gasteiger partial charge in [0.25, 0.3) is 0 Å². The normalized spacial score (nSPS) is 24.0. The number of hydrazine groups is 1. The fourth-order valence-electron chi connectivity index (χ4n) is 2.28. The van der Waals surface area contributed by atoms with Gasteiger partial charge in [-0.3, -0.25) is 4.79 Å². The molecule has 104 valence electrons. The van der Waals surface area contributed by atoms with E-state index in [-0.39, 0.29) is 6.42 Å². The van der Waals surface area contributed by atoms with E-state index in [1.807, 2.05) is 0 Å². The van der Waals surface area contributed by atoms with Crippen molar-refractivity contribution in [3.05, 3.63) is 30.3 Å². The maximum atomic E-state index is 13.0. The average molecular weight is 272 g/mol. The first-order chi connectivity index (χ1) is 8.95. The summed E-state index contributed by atoms with van der Waals surface area (Å²) in [6.07, 6.45) is -3.67. The molecule has 0 radical (unpaired) electrons. The standard InChI is InChI=1S/C13H15F3N2O/c1-2-6-10-11(13(14,15)16)17-18(12(10)19)9-7-4-3-5-8-9/h3-5,7-8,10-11,17H,2,6H2,1H3/t10-,11+/m0/s1. The highest BCUT2D eigenvalue weighted by molar-refractivity contribution is 5.96. The van der Waals surface area contributed by atoms with E-state index in [0.29, 0.717) is 12.1 Å². The van der Waals surface area contributed by atoms with Crippen molar-refractivity contribution in [2.45, 2.75) is 32.0 Å². The van der Waals surface area contributed by atoms with Crippen LogP contribution in [0.4, 0.5) is 18.9 Å². The Bertz CT molecular complexity index is 447. The van der Waals surface area contributed by atoms with Gasteiger partial charge in [-0.2, -0.15) is 13.2 Å². The van der Waals surface area contributed by atoms with Crippen molar-refractivity contribution in [3.8, 4) is 0 Å². The van der Waals surface area contributed by atoms with Gasteiger partial charge in [-0.15, -0.1) is 0 Å². The fraction of sp³-hybridized carbons (Fsp3) is 0.462. The molecule has 1 N–H and O–H groups in total. The summed E-state index contributed by atoms with van der Waals surface area (Å²) in [7, 11) is 0. The number of hydrogen-bond donors (Lipinski definition) is 1. The third-order valence-electron chi connectivity index (χ3n) is 3.17. The van der Waals surface area contributed by atoms with E-state index in [1.54, 1.807) is 37.3 Å². The van der Waals surface area contributed by atoms with Gasteiger partial charge < -0.3 is 0 Å². The van der Waals surface area contributed by atoms with Crippen LogP contribution in [0.5, 0.6) is 0 Å². The quantitative estimate of drug-likeness (QED) is 0.917. The molecule has 1 amide bonds. The molecule has 1 aliphatic heterocycles. The number of nitrogens with one attached hydrogen (secondary N) is 1. The zero-order valence-corrected chi connectivity index (χ0v) is 10.4. The Kier molecular flexibility index (Phi) is 3.80. The van der Waals surface area contributed by atoms with Crippen LogP contribution >= 0.6 is 0 Å². The first-order valence-electron chi connectivity index (χ1n) is 6.17. The summed E-state index contributed by atoms with van der Waals surface area (Å²) in [5, 5.41) is 1.01. The lowest BCUT2D eigenvalue weighted by Gasteiger charge is -2.20. The molecule has 0 aliphatic carbocycles. The van der Waals surface area contributed by atoms with E-state index < -0.39 is 24.0 Å². The molecule has 1 fully saturated rings. The summed E-state index contributed by atoms with van der Waals surface area (Å²) in [6, 6.07) is 6.51. The van der Waals surface area contributed by atoms with E-state index in [0.717, 1.165) is 5.01 Å². The van der Waals surface area contributed by atoms with Gasteiger partial charge in [0.05, 0.1) is 11.6 Å². The minimum absolute atomic E-state index is 0.222. The number of carbonyl (C=O) groups is 1. The fourth-order valence-corrected chi connectivity index (χ4v) is 2.28. The summed E-state index contributed by atoms with van der Waals surface area (Å²) < 4.78 is 38.9. The molecule has 0 unspecified atom stereocenters. The summed E-state index contributed by atoms with van der Waals surface area (Å²) in [4.78, 5) is 12.1. The van der Waals surface area contributed by atoms with E-state index >= 15 is 0 Å². The molecule has 0 saturated carbocycles. The molecule has 0 aromatic heterocycles. The van der Waals surface area contributed by atoms with Crippen molar-refractivity contribution in [1.29, 1.82) is 0 Å². The van der Waals surface area contributed by atoms with Crippen molar-refractivity contribution >= 4 is 11.6 Å². The zero-order valence-electron chi connectivity index (χ0n) is 10.4. The maximum absolute atomic E-state index is 13.0. The third-order valence-corrected chi connectivity index (χ3v) is 3.17. The van der Waals surface area contributed by atoms with Gasteiger partial charge in [0.1, 0.15) is 6.04 Å². The minimum atomic E-state index is -4.43. The van der Waals surface area contributed by atoms with Gasteiger partial charge in [-0.25, -0.2) is 10.4 Å². The molecule has 2 rings (SSSR count). The highest BCUT2D eigenvalue weighted by Crippen LogP contribution is 2.35. The van der Waals surface area contributed by atoms with Crippen molar-refractivity contribution < 1.29 is 18.0 Å². The monoisotopic (exact) mass is 272 g/mol. The van der Waals surface area contributed by atoms with Gasteiger partial charge in [0.15, 0.2) is 0 Å². The van der Waals surface area contributed by atoms with Gasteiger partial charge in [-0.1, -0.05) is 31.5 Å². The van der Waals surface area contributed by atoms with Crippen LogP contribution < -0.4 is 10.4 Å². The van der Waals surface area contributed by atoms with E-state index in [2.05, 4.69) is 5.43 Å². The van der Waals surface area contributed by atoms with Crippen molar-refractivity contribution in [1.82, 2.24) is 5.43 Å². The predicted molar refractivity (Wildman–Crippen MR) is 65.3 cm³/mol. The Morgan fingerprint density at radius 3 is 2.42 bits per heavy atom. The lowest BCUT2D eigenvalue weighted by atomic mass is 9.95. The molecular weight excluding hydrogens is 257 g/mol. The van der Waals surface area contributed by atoms with Crippen molar-refractivity contribution in [2.75, 3.05) is 5.01 Å². The lowest BCUT2D eigenvalue weighted by molar-refractivity contribution is -0.163. The van der Waals surface area contributed by atoms with E-state index in [9.17, 15) is 18.0 Å². The molecule has 19 heavy (non-hydrogen) atoms. The van der Waals surface area contributed by atoms with Crippen LogP contribution in [0, 0.1) is 5.92 Å². The molecule has 2 atom stereocenters. The number of carbonyl (C=O) groups excluding carboxylic acids is 1. The molecule has 6 heteroatoms. The van der Waals surface area contributed by atoms with Gasteiger partial charge in [-0.05, 0) is 18.6 Å². The number of nitrogens with zero attached hydrogens (tertiary/aromatic N) is 1. The second-order valence-electron chi connectivity index (χ2n) is 4.55. The molecule has 0 bridgehead atoms. The van der Waals surface area contributed by atoms with Crippen LogP contribution in [0.3, 0.4) is 0 Å². The highest BCUT2D eigenvalue weighted by Gasteiger charge is 2.53. The van der Waals surface area contributed by atoms with Crippen molar-refractivity contribution in [3.63, 3.8) is 0 Å². The van der Waals surface area contributed by atoms with Crippen LogP contribution in [-0.4, -0.2) is 18.1 Å². The largest absolute Gasteiger partial charge is 0.406 e. The number of amides is 1. The Labute approximate surface area is 109 Å². The second kappa shape index (κ2) is 5.21. The summed E-state index contributed by atoms with van der Waals surface area (Å²) in [5.41, 5.74) is 2.72. The van der Waals surface area contributed by atoms with Crippen LogP contribution in [0.25, 0.3) is 0 Å². The van der Waals surface area contributed by atoms with Crippen LogP contribution in [-0.2, 0) is 4.79 Å². The first kappa shape index (κ1) is 13.9. The number of anilines is 1. The van der Waals surface area contributed by atoms with Gasteiger partial charge >= 0.3 is 6.18 Å². The van der Waals surface area contributed by atoms with Crippen LogP contribution in [0.1, 0.15) is 19.8 Å². The Hall–Kier alpha value is -1.56. The number of para-hydroxylation sites is 1. The number of hydrogen-bond acceptors (Lipinski definition) is 2. The number of benzene rings is 1. The summed E-state index contributed by atoms with van der Waals surface area (Å²) in [5.74, 6) is -1.57. The van der Waals surface area contributed by atoms with Gasteiger partial charge in [0, 0.05) is 0 Å². The molecule has 0 spiro atoms. The lowest BCUT2D eigenvalue weighted by Crippen LogP contribution is -2.45. The summed E-state index contributed by atoms with van der Waals surface area (Å²) in [6.45, 7) is 1.77. The Morgan fingerprint density at radius 1 is 1.26 bits per heavy atom. The molecule has 1 aliphatic rings. The third kappa shape index (κ3) is 2.73. The number of halogens is 3. The first-order valence-corrected chi connectivity index (χ1v) is 6.17. The molecule has 3 nitrogen and oxygen atoms in total. The van der Waals surface area contributed by atoms with E-state index in [4.69, 9.17) is 0 Å². The molecule has 1 aromatic carbocycles.